The zero-order chi connectivity index (χ0) is 25.7. The Morgan fingerprint density at radius 3 is 2.50 bits per heavy atom. The summed E-state index contributed by atoms with van der Waals surface area (Å²) in [5.74, 6) is -0.598. The largest absolute Gasteiger partial charge is 0.398 e. The predicted octanol–water partition coefficient (Wildman–Crippen LogP) is 5.50. The van der Waals surface area contributed by atoms with Crippen LogP contribution in [0.25, 0.3) is 6.08 Å². The molecule has 0 spiro atoms. The van der Waals surface area contributed by atoms with E-state index in [9.17, 15) is 14.0 Å². The number of nitrogens with one attached hydrogen (secondary N) is 1. The molecule has 1 atom stereocenters. The smallest absolute Gasteiger partial charge is 0.251 e. The van der Waals surface area contributed by atoms with E-state index in [0.29, 0.717) is 11.1 Å². The molecule has 36 heavy (non-hydrogen) atoms. The summed E-state index contributed by atoms with van der Waals surface area (Å²) < 4.78 is 13.2. The highest BCUT2D eigenvalue weighted by Crippen LogP contribution is 2.32. The van der Waals surface area contributed by atoms with Gasteiger partial charge >= 0.3 is 0 Å². The van der Waals surface area contributed by atoms with Crippen molar-refractivity contribution in [2.45, 2.75) is 39.2 Å². The third-order valence-corrected chi connectivity index (χ3v) is 6.74. The van der Waals surface area contributed by atoms with Crippen LogP contribution in [-0.2, 0) is 17.6 Å². The Labute approximate surface area is 211 Å². The molecule has 0 bridgehead atoms. The van der Waals surface area contributed by atoms with Crippen molar-refractivity contribution >= 4 is 29.1 Å². The van der Waals surface area contributed by atoms with Crippen molar-refractivity contribution in [3.05, 3.63) is 100 Å². The molecule has 1 aliphatic carbocycles. The number of nitrogen functional groups attached to an aromatic ring is 1. The molecule has 0 fully saturated rings. The van der Waals surface area contributed by atoms with Crippen molar-refractivity contribution in [3.8, 4) is 0 Å². The van der Waals surface area contributed by atoms with Gasteiger partial charge < -0.3 is 16.0 Å². The van der Waals surface area contributed by atoms with Gasteiger partial charge in [0, 0.05) is 36.4 Å². The molecule has 0 radical (unpaired) electrons. The van der Waals surface area contributed by atoms with E-state index >= 15 is 0 Å². The Hall–Kier alpha value is -3.93. The Kier molecular flexibility index (Phi) is 7.84. The summed E-state index contributed by atoms with van der Waals surface area (Å²) in [6.07, 6.45) is 5.14. The molecule has 6 heteroatoms. The number of amides is 1. The summed E-state index contributed by atoms with van der Waals surface area (Å²) in [6.45, 7) is 6.08. The molecule has 4 rings (SSSR count). The van der Waals surface area contributed by atoms with Gasteiger partial charge in [-0.1, -0.05) is 30.3 Å². The number of nitrogens with two attached hydrogens (primary N) is 1. The topological polar surface area (TPSA) is 75.4 Å². The van der Waals surface area contributed by atoms with Crippen LogP contribution in [0.1, 0.15) is 58.9 Å². The summed E-state index contributed by atoms with van der Waals surface area (Å²) in [7, 11) is 0. The van der Waals surface area contributed by atoms with E-state index in [1.54, 1.807) is 12.1 Å². The lowest BCUT2D eigenvalue weighted by Crippen LogP contribution is -2.27. The Balaban J connectivity index is 1.37. The van der Waals surface area contributed by atoms with Gasteiger partial charge in [-0.2, -0.15) is 0 Å². The second-order valence-corrected chi connectivity index (χ2v) is 9.06. The maximum Gasteiger partial charge on any atom is 0.251 e. The predicted molar refractivity (Wildman–Crippen MR) is 144 cm³/mol. The summed E-state index contributed by atoms with van der Waals surface area (Å²) >= 11 is 0. The van der Waals surface area contributed by atoms with Gasteiger partial charge in [0.15, 0.2) is 5.78 Å². The third-order valence-electron chi connectivity index (χ3n) is 6.74. The standard InChI is InChI=1S/C30H32FN3O2/c1-3-34(4-2)25-12-8-21(9-13-25)30(36)33-29-16-10-22-17-20(6-15-27(22)29)5-14-26(35)18-23-7-11-24(31)19-28(23)32/h5-9,11-15,17,19,29H,3-4,10,16,18,32H2,1-2H3,(H,33,36)/b14-5+. The number of ketones is 1. The van der Waals surface area contributed by atoms with Crippen LogP contribution < -0.4 is 16.0 Å². The minimum absolute atomic E-state index is 0.0314. The molecule has 0 saturated carbocycles. The number of fused-ring (bicyclic) bond motifs is 1. The fourth-order valence-corrected chi connectivity index (χ4v) is 4.71. The summed E-state index contributed by atoms with van der Waals surface area (Å²) in [4.78, 5) is 27.5. The molecule has 3 N–H and O–H groups in total. The fourth-order valence-electron chi connectivity index (χ4n) is 4.71. The van der Waals surface area contributed by atoms with Gasteiger partial charge in [-0.05, 0) is 91.4 Å². The number of aryl methyl sites for hydroxylation is 1. The highest BCUT2D eigenvalue weighted by Gasteiger charge is 2.24. The van der Waals surface area contributed by atoms with Crippen LogP contribution in [0.2, 0.25) is 0 Å². The van der Waals surface area contributed by atoms with Crippen LogP contribution in [0.3, 0.4) is 0 Å². The number of rotatable bonds is 9. The van der Waals surface area contributed by atoms with Gasteiger partial charge in [-0.25, -0.2) is 4.39 Å². The first-order chi connectivity index (χ1) is 17.4. The highest BCUT2D eigenvalue weighted by atomic mass is 19.1. The molecular formula is C30H32FN3O2. The first-order valence-electron chi connectivity index (χ1n) is 12.4. The van der Waals surface area contributed by atoms with Crippen LogP contribution in [0.4, 0.5) is 15.8 Å². The van der Waals surface area contributed by atoms with Crippen LogP contribution in [-0.4, -0.2) is 24.8 Å². The van der Waals surface area contributed by atoms with Crippen molar-refractivity contribution in [1.29, 1.82) is 0 Å². The maximum atomic E-state index is 13.2. The molecule has 3 aromatic rings. The number of carbonyl (C=O) groups excluding carboxylic acids is 2. The summed E-state index contributed by atoms with van der Waals surface area (Å²) in [5.41, 5.74) is 11.7. The van der Waals surface area contributed by atoms with Gasteiger partial charge in [-0.15, -0.1) is 0 Å². The quantitative estimate of drug-likeness (QED) is 0.310. The highest BCUT2D eigenvalue weighted by molar-refractivity contribution is 5.96. The average Bonchev–Trinajstić information content (AvgIpc) is 3.27. The normalized spacial score (nSPS) is 14.6. The van der Waals surface area contributed by atoms with Crippen LogP contribution >= 0.6 is 0 Å². The van der Waals surface area contributed by atoms with Crippen molar-refractivity contribution in [2.24, 2.45) is 0 Å². The minimum Gasteiger partial charge on any atom is -0.398 e. The minimum atomic E-state index is -0.417. The molecule has 186 valence electrons. The molecule has 0 saturated heterocycles. The third kappa shape index (κ3) is 5.82. The SMILES string of the molecule is CCN(CC)c1ccc(C(=O)NC2CCc3cc(/C=C/C(=O)Cc4ccc(F)cc4N)ccc32)cc1. The lowest BCUT2D eigenvalue weighted by Gasteiger charge is -2.21. The Morgan fingerprint density at radius 2 is 1.81 bits per heavy atom. The monoisotopic (exact) mass is 485 g/mol. The van der Waals surface area contributed by atoms with E-state index in [0.717, 1.165) is 42.7 Å². The number of hydrogen-bond acceptors (Lipinski definition) is 4. The zero-order valence-corrected chi connectivity index (χ0v) is 20.8. The number of benzene rings is 3. The van der Waals surface area contributed by atoms with E-state index in [1.807, 2.05) is 36.4 Å². The van der Waals surface area contributed by atoms with E-state index in [2.05, 4.69) is 30.1 Å². The first kappa shape index (κ1) is 25.2. The Morgan fingerprint density at radius 1 is 1.06 bits per heavy atom. The molecule has 0 aromatic heterocycles. The number of carbonyl (C=O) groups is 2. The zero-order valence-electron chi connectivity index (χ0n) is 20.8. The lowest BCUT2D eigenvalue weighted by atomic mass is 10.0. The molecule has 0 aliphatic heterocycles. The van der Waals surface area contributed by atoms with Gasteiger partial charge in [-0.3, -0.25) is 9.59 Å². The van der Waals surface area contributed by atoms with Gasteiger partial charge in [0.05, 0.1) is 6.04 Å². The second kappa shape index (κ2) is 11.2. The number of anilines is 2. The summed E-state index contributed by atoms with van der Waals surface area (Å²) in [5, 5.41) is 3.17. The maximum absolute atomic E-state index is 13.2. The Bertz CT molecular complexity index is 1280. The van der Waals surface area contributed by atoms with E-state index < -0.39 is 5.82 Å². The van der Waals surface area contributed by atoms with Crippen LogP contribution in [0, 0.1) is 5.82 Å². The van der Waals surface area contributed by atoms with Crippen molar-refractivity contribution < 1.29 is 14.0 Å². The molecule has 1 unspecified atom stereocenters. The number of halogens is 1. The summed E-state index contributed by atoms with van der Waals surface area (Å²) in [6, 6.07) is 17.8. The van der Waals surface area contributed by atoms with Crippen LogP contribution in [0.15, 0.2) is 66.7 Å². The van der Waals surface area contributed by atoms with E-state index in [-0.39, 0.29) is 29.8 Å². The van der Waals surface area contributed by atoms with Crippen molar-refractivity contribution in [2.75, 3.05) is 23.7 Å². The van der Waals surface area contributed by atoms with Crippen LogP contribution in [0.5, 0.6) is 0 Å². The van der Waals surface area contributed by atoms with Crippen molar-refractivity contribution in [1.82, 2.24) is 5.32 Å². The fraction of sp³-hybridized carbons (Fsp3) is 0.267. The molecular weight excluding hydrogens is 453 g/mol. The molecule has 5 nitrogen and oxygen atoms in total. The first-order valence-corrected chi connectivity index (χ1v) is 12.4. The molecule has 1 aliphatic rings. The van der Waals surface area contributed by atoms with Gasteiger partial charge in [0.2, 0.25) is 0 Å². The number of nitrogens with zero attached hydrogens (tertiary/aromatic N) is 1. The molecule has 1 amide bonds. The molecule has 3 aromatic carbocycles. The van der Waals surface area contributed by atoms with E-state index in [1.165, 1.54) is 23.8 Å². The number of hydrogen-bond donors (Lipinski definition) is 2. The second-order valence-electron chi connectivity index (χ2n) is 9.06. The lowest BCUT2D eigenvalue weighted by molar-refractivity contribution is -0.113. The van der Waals surface area contributed by atoms with E-state index in [4.69, 9.17) is 5.73 Å². The van der Waals surface area contributed by atoms with Gasteiger partial charge in [0.25, 0.3) is 5.91 Å². The van der Waals surface area contributed by atoms with Crippen molar-refractivity contribution in [3.63, 3.8) is 0 Å². The van der Waals surface area contributed by atoms with Gasteiger partial charge in [0.1, 0.15) is 5.82 Å². The molecule has 0 heterocycles. The number of allylic oxidation sites excluding steroid dienone is 1. The average molecular weight is 486 g/mol.